The zero-order chi connectivity index (χ0) is 25.8. The Labute approximate surface area is 209 Å². The second kappa shape index (κ2) is 10.8. The van der Waals surface area contributed by atoms with E-state index in [9.17, 15) is 23.2 Å². The number of rotatable bonds is 8. The molecule has 1 fully saturated rings. The second-order valence-corrected chi connectivity index (χ2v) is 8.90. The van der Waals surface area contributed by atoms with E-state index in [-0.39, 0.29) is 40.2 Å². The lowest BCUT2D eigenvalue weighted by Crippen LogP contribution is -2.45. The van der Waals surface area contributed by atoms with Crippen LogP contribution in [0.25, 0.3) is 0 Å². The van der Waals surface area contributed by atoms with Gasteiger partial charge in [-0.25, -0.2) is 8.78 Å². The number of nitrogen functional groups attached to an aromatic ring is 1. The summed E-state index contributed by atoms with van der Waals surface area (Å²) in [6, 6.07) is 8.68. The highest BCUT2D eigenvalue weighted by molar-refractivity contribution is 7.09. The molecular weight excluding hydrogens is 492 g/mol. The van der Waals surface area contributed by atoms with Crippen LogP contribution in [0.4, 0.5) is 20.2 Å². The molecule has 1 saturated heterocycles. The molecule has 0 bridgehead atoms. The fourth-order valence-electron chi connectivity index (χ4n) is 3.90. The summed E-state index contributed by atoms with van der Waals surface area (Å²) in [7, 11) is 0. The maximum absolute atomic E-state index is 13.8. The van der Waals surface area contributed by atoms with Crippen molar-refractivity contribution in [2.75, 3.05) is 23.8 Å². The lowest BCUT2D eigenvalue weighted by Gasteiger charge is -2.31. The molecule has 36 heavy (non-hydrogen) atoms. The molecule has 0 aliphatic carbocycles. The first-order valence-corrected chi connectivity index (χ1v) is 11.8. The van der Waals surface area contributed by atoms with Crippen LogP contribution in [0.3, 0.4) is 0 Å². The highest BCUT2D eigenvalue weighted by Gasteiger charge is 2.36. The second-order valence-electron chi connectivity index (χ2n) is 8.12. The standard InChI is InChI=1S/C24H23F2N5O4S/c25-14-5-3-13(4-6-14)20(23(33)29-12-17-2-1-11-35-17)31(16-9-7-15(26)8-10-16)24(34)21-18(27)19(22(28)32)30-36-21/h3-10,17,20H,1-2,11-12,27H2,(H2,28,32)(H,29,33). The van der Waals surface area contributed by atoms with Gasteiger partial charge >= 0.3 is 0 Å². The third-order valence-corrected chi connectivity index (χ3v) is 6.55. The van der Waals surface area contributed by atoms with Crippen molar-refractivity contribution in [3.63, 3.8) is 0 Å². The number of aromatic nitrogens is 1. The van der Waals surface area contributed by atoms with Gasteiger partial charge in [0, 0.05) is 18.8 Å². The predicted octanol–water partition coefficient (Wildman–Crippen LogP) is 2.79. The molecule has 2 heterocycles. The molecule has 0 saturated carbocycles. The summed E-state index contributed by atoms with van der Waals surface area (Å²) < 4.78 is 36.9. The lowest BCUT2D eigenvalue weighted by molar-refractivity contribution is -0.123. The topological polar surface area (TPSA) is 141 Å². The van der Waals surface area contributed by atoms with Crippen LogP contribution in [0, 0.1) is 11.6 Å². The van der Waals surface area contributed by atoms with Crippen molar-refractivity contribution in [3.8, 4) is 0 Å². The fourth-order valence-corrected chi connectivity index (χ4v) is 4.65. The number of carbonyl (C=O) groups is 3. The number of halogens is 2. The van der Waals surface area contributed by atoms with Crippen molar-refractivity contribution in [2.24, 2.45) is 5.73 Å². The third kappa shape index (κ3) is 5.34. The zero-order valence-corrected chi connectivity index (χ0v) is 19.8. The number of nitrogens with one attached hydrogen (secondary N) is 1. The van der Waals surface area contributed by atoms with Gasteiger partial charge in [0.2, 0.25) is 5.91 Å². The first-order valence-electron chi connectivity index (χ1n) is 11.0. The van der Waals surface area contributed by atoms with Gasteiger partial charge in [-0.3, -0.25) is 19.3 Å². The lowest BCUT2D eigenvalue weighted by atomic mass is 10.0. The highest BCUT2D eigenvalue weighted by atomic mass is 32.1. The molecule has 188 valence electrons. The van der Waals surface area contributed by atoms with Crippen LogP contribution in [0.2, 0.25) is 0 Å². The number of anilines is 2. The van der Waals surface area contributed by atoms with E-state index < -0.39 is 35.4 Å². The van der Waals surface area contributed by atoms with Gasteiger partial charge in [0.05, 0.1) is 11.8 Å². The van der Waals surface area contributed by atoms with Crippen molar-refractivity contribution < 1.29 is 27.9 Å². The zero-order valence-electron chi connectivity index (χ0n) is 18.9. The molecule has 0 radical (unpaired) electrons. The summed E-state index contributed by atoms with van der Waals surface area (Å²) in [4.78, 5) is 40.0. The minimum absolute atomic E-state index is 0.132. The molecule has 2 aromatic carbocycles. The maximum Gasteiger partial charge on any atom is 0.273 e. The van der Waals surface area contributed by atoms with E-state index in [2.05, 4.69) is 9.69 Å². The van der Waals surface area contributed by atoms with Gasteiger partial charge in [0.1, 0.15) is 22.6 Å². The Balaban J connectivity index is 1.79. The minimum atomic E-state index is -1.30. The quantitative estimate of drug-likeness (QED) is 0.421. The molecule has 2 atom stereocenters. The van der Waals surface area contributed by atoms with Crippen LogP contribution in [0.15, 0.2) is 48.5 Å². The highest BCUT2D eigenvalue weighted by Crippen LogP contribution is 2.33. The SMILES string of the molecule is NC(=O)c1nsc(C(=O)N(c2ccc(F)cc2)C(C(=O)NCC2CCCO2)c2ccc(F)cc2)c1N. The van der Waals surface area contributed by atoms with Crippen molar-refractivity contribution in [1.29, 1.82) is 0 Å². The van der Waals surface area contributed by atoms with E-state index in [1.807, 2.05) is 0 Å². The summed E-state index contributed by atoms with van der Waals surface area (Å²) >= 11 is 0.646. The minimum Gasteiger partial charge on any atom is -0.395 e. The van der Waals surface area contributed by atoms with E-state index in [1.54, 1.807) is 0 Å². The first-order chi connectivity index (χ1) is 17.3. The van der Waals surface area contributed by atoms with Gasteiger partial charge in [0.25, 0.3) is 11.8 Å². The predicted molar refractivity (Wildman–Crippen MR) is 129 cm³/mol. The summed E-state index contributed by atoms with van der Waals surface area (Å²) in [6.45, 7) is 0.797. The molecule has 12 heteroatoms. The van der Waals surface area contributed by atoms with Crippen molar-refractivity contribution in [2.45, 2.75) is 25.0 Å². The summed E-state index contributed by atoms with van der Waals surface area (Å²) in [5, 5.41) is 2.80. The van der Waals surface area contributed by atoms with Crippen LogP contribution < -0.4 is 21.7 Å². The van der Waals surface area contributed by atoms with Crippen molar-refractivity contribution in [1.82, 2.24) is 9.69 Å². The number of carbonyl (C=O) groups excluding carboxylic acids is 3. The van der Waals surface area contributed by atoms with Crippen molar-refractivity contribution >= 4 is 40.6 Å². The molecule has 0 spiro atoms. The molecule has 3 amide bonds. The largest absolute Gasteiger partial charge is 0.395 e. The van der Waals surface area contributed by atoms with Gasteiger partial charge in [-0.05, 0) is 66.3 Å². The van der Waals surface area contributed by atoms with E-state index >= 15 is 0 Å². The Morgan fingerprint density at radius 3 is 2.31 bits per heavy atom. The monoisotopic (exact) mass is 515 g/mol. The molecule has 2 unspecified atom stereocenters. The van der Waals surface area contributed by atoms with Crippen LogP contribution >= 0.6 is 11.5 Å². The molecule has 1 aliphatic rings. The Kier molecular flexibility index (Phi) is 7.55. The van der Waals surface area contributed by atoms with Crippen LogP contribution in [0.1, 0.15) is 44.6 Å². The number of amides is 3. The number of ether oxygens (including phenoxy) is 1. The maximum atomic E-state index is 13.8. The van der Waals surface area contributed by atoms with Crippen LogP contribution in [-0.2, 0) is 9.53 Å². The Bertz CT molecular complexity index is 1260. The number of nitrogens with zero attached hydrogens (tertiary/aromatic N) is 2. The number of hydrogen-bond donors (Lipinski definition) is 3. The molecular formula is C24H23F2N5O4S. The average Bonchev–Trinajstić information content (AvgIpc) is 3.52. The summed E-state index contributed by atoms with van der Waals surface area (Å²) in [5.74, 6) is -3.35. The van der Waals surface area contributed by atoms with Gasteiger partial charge in [-0.15, -0.1) is 0 Å². The van der Waals surface area contributed by atoms with Gasteiger partial charge in [-0.1, -0.05) is 12.1 Å². The van der Waals surface area contributed by atoms with Crippen molar-refractivity contribution in [3.05, 3.63) is 76.3 Å². The van der Waals surface area contributed by atoms with Gasteiger partial charge in [0.15, 0.2) is 5.69 Å². The Morgan fingerprint density at radius 1 is 1.11 bits per heavy atom. The smallest absolute Gasteiger partial charge is 0.273 e. The third-order valence-electron chi connectivity index (χ3n) is 5.70. The van der Waals surface area contributed by atoms with E-state index in [0.717, 1.165) is 42.0 Å². The normalized spacial score (nSPS) is 15.9. The van der Waals surface area contributed by atoms with Gasteiger partial charge < -0.3 is 21.5 Å². The molecule has 5 N–H and O–H groups in total. The number of hydrogen-bond acceptors (Lipinski definition) is 7. The average molecular weight is 516 g/mol. The first kappa shape index (κ1) is 25.2. The summed E-state index contributed by atoms with van der Waals surface area (Å²) in [5.41, 5.74) is 11.2. The molecule has 9 nitrogen and oxygen atoms in total. The summed E-state index contributed by atoms with van der Waals surface area (Å²) in [6.07, 6.45) is 1.47. The Morgan fingerprint density at radius 2 is 1.75 bits per heavy atom. The number of benzene rings is 2. The molecule has 4 rings (SSSR count). The van der Waals surface area contributed by atoms with E-state index in [0.29, 0.717) is 18.1 Å². The Hall–Kier alpha value is -3.90. The molecule has 3 aromatic rings. The van der Waals surface area contributed by atoms with Crippen LogP contribution in [-0.4, -0.2) is 41.4 Å². The fraction of sp³-hybridized carbons (Fsp3) is 0.250. The van der Waals surface area contributed by atoms with Gasteiger partial charge in [-0.2, -0.15) is 4.37 Å². The number of primary amides is 1. The molecule has 1 aromatic heterocycles. The number of nitrogens with two attached hydrogens (primary N) is 2. The van der Waals surface area contributed by atoms with E-state index in [4.69, 9.17) is 16.2 Å². The van der Waals surface area contributed by atoms with E-state index in [1.165, 1.54) is 24.3 Å². The van der Waals surface area contributed by atoms with Crippen LogP contribution in [0.5, 0.6) is 0 Å². The molecule has 1 aliphatic heterocycles.